The molecule has 0 spiro atoms. The van der Waals surface area contributed by atoms with Crippen LogP contribution in [0.5, 0.6) is 0 Å². The summed E-state index contributed by atoms with van der Waals surface area (Å²) in [6.45, 7) is 1.37. The molecular weight excluding hydrogens is 384 g/mol. The molecular formula is C18H19F4N2O2S+. The first-order valence-corrected chi connectivity index (χ1v) is 9.86. The van der Waals surface area contributed by atoms with Crippen LogP contribution in [0.2, 0.25) is 0 Å². The zero-order valence-corrected chi connectivity index (χ0v) is 15.2. The Kier molecular flexibility index (Phi) is 5.55. The highest BCUT2D eigenvalue weighted by atomic mass is 32.2. The molecule has 1 aliphatic rings. The second-order valence-corrected chi connectivity index (χ2v) is 8.38. The topological polar surface area (TPSA) is 41.8 Å². The summed E-state index contributed by atoms with van der Waals surface area (Å²) >= 11 is 0. The van der Waals surface area contributed by atoms with Crippen molar-refractivity contribution in [2.45, 2.75) is 17.6 Å². The predicted octanol–water partition coefficient (Wildman–Crippen LogP) is 1.93. The minimum absolute atomic E-state index is 0.00904. The Morgan fingerprint density at radius 1 is 0.963 bits per heavy atom. The lowest BCUT2D eigenvalue weighted by Gasteiger charge is -2.32. The molecule has 2 aromatic carbocycles. The number of rotatable bonds is 4. The van der Waals surface area contributed by atoms with E-state index in [4.69, 9.17) is 0 Å². The molecule has 1 heterocycles. The van der Waals surface area contributed by atoms with Crippen LogP contribution in [-0.4, -0.2) is 38.9 Å². The van der Waals surface area contributed by atoms with Crippen LogP contribution in [0.3, 0.4) is 0 Å². The van der Waals surface area contributed by atoms with Crippen molar-refractivity contribution in [1.82, 2.24) is 4.31 Å². The fourth-order valence-electron chi connectivity index (χ4n) is 3.20. The summed E-state index contributed by atoms with van der Waals surface area (Å²) in [7, 11) is -3.73. The molecule has 0 aromatic heterocycles. The lowest BCUT2D eigenvalue weighted by molar-refractivity contribution is -0.917. The zero-order valence-electron chi connectivity index (χ0n) is 14.3. The Morgan fingerprint density at radius 3 is 2.15 bits per heavy atom. The van der Waals surface area contributed by atoms with Gasteiger partial charge in [0.1, 0.15) is 12.4 Å². The molecule has 1 N–H and O–H groups in total. The van der Waals surface area contributed by atoms with Crippen molar-refractivity contribution >= 4 is 10.0 Å². The Labute approximate surface area is 155 Å². The summed E-state index contributed by atoms with van der Waals surface area (Å²) in [6.07, 6.45) is -4.41. The van der Waals surface area contributed by atoms with Crippen LogP contribution in [-0.2, 0) is 22.7 Å². The van der Waals surface area contributed by atoms with E-state index in [0.29, 0.717) is 13.1 Å². The van der Waals surface area contributed by atoms with Gasteiger partial charge >= 0.3 is 6.18 Å². The third kappa shape index (κ3) is 4.48. The summed E-state index contributed by atoms with van der Waals surface area (Å²) in [5, 5.41) is 0. The molecule has 1 aliphatic heterocycles. The number of hydrogen-bond acceptors (Lipinski definition) is 2. The number of hydrogen-bond donors (Lipinski definition) is 1. The third-order valence-corrected chi connectivity index (χ3v) is 6.56. The normalized spacial score (nSPS) is 17.2. The number of piperazine rings is 1. The molecule has 1 fully saturated rings. The van der Waals surface area contributed by atoms with Crippen LogP contribution in [0.4, 0.5) is 17.6 Å². The number of nitrogens with zero attached hydrogens (tertiary/aromatic N) is 1. The molecule has 0 amide bonds. The lowest BCUT2D eigenvalue weighted by Crippen LogP contribution is -3.13. The van der Waals surface area contributed by atoms with Gasteiger partial charge in [-0.2, -0.15) is 17.5 Å². The highest BCUT2D eigenvalue weighted by Crippen LogP contribution is 2.31. The van der Waals surface area contributed by atoms with Crippen LogP contribution in [0.1, 0.15) is 11.1 Å². The van der Waals surface area contributed by atoms with Crippen LogP contribution in [0, 0.1) is 5.82 Å². The van der Waals surface area contributed by atoms with Gasteiger partial charge in [0, 0.05) is 5.56 Å². The maximum Gasteiger partial charge on any atom is 0.416 e. The van der Waals surface area contributed by atoms with Gasteiger partial charge in [-0.05, 0) is 30.3 Å². The summed E-state index contributed by atoms with van der Waals surface area (Å²) in [5.74, 6) is -0.522. The standard InChI is InChI=1S/C18H18F4N2O2S/c19-15-5-7-16(8-6-15)27(25,26)24-11-9-23(10-12-24)13-14-3-1-2-4-17(14)18(20,21)22/h1-8H,9-13H2/p+1. The average molecular weight is 403 g/mol. The van der Waals surface area contributed by atoms with E-state index in [1.54, 1.807) is 6.07 Å². The summed E-state index contributed by atoms with van der Waals surface area (Å²) in [5.41, 5.74) is -0.450. The van der Waals surface area contributed by atoms with Gasteiger partial charge < -0.3 is 4.90 Å². The highest BCUT2D eigenvalue weighted by Gasteiger charge is 2.35. The fraction of sp³-hybridized carbons (Fsp3) is 0.333. The molecule has 0 atom stereocenters. The van der Waals surface area contributed by atoms with Gasteiger partial charge in [0.2, 0.25) is 10.0 Å². The van der Waals surface area contributed by atoms with Crippen molar-refractivity contribution in [3.8, 4) is 0 Å². The maximum atomic E-state index is 13.1. The van der Waals surface area contributed by atoms with Crippen LogP contribution < -0.4 is 4.90 Å². The van der Waals surface area contributed by atoms with Crippen molar-refractivity contribution in [3.05, 3.63) is 65.5 Å². The van der Waals surface area contributed by atoms with E-state index in [1.807, 2.05) is 0 Å². The van der Waals surface area contributed by atoms with E-state index < -0.39 is 27.6 Å². The molecule has 146 valence electrons. The molecule has 3 rings (SSSR count). The van der Waals surface area contributed by atoms with Gasteiger partial charge in [0.25, 0.3) is 0 Å². The SMILES string of the molecule is O=S(=O)(c1ccc(F)cc1)N1CC[NH+](Cc2ccccc2C(F)(F)F)CC1. The van der Waals surface area contributed by atoms with Crippen molar-refractivity contribution in [2.24, 2.45) is 0 Å². The Bertz CT molecular complexity index is 890. The number of alkyl halides is 3. The minimum atomic E-state index is -4.41. The van der Waals surface area contributed by atoms with Gasteiger partial charge in [-0.15, -0.1) is 0 Å². The second kappa shape index (κ2) is 7.57. The largest absolute Gasteiger partial charge is 0.416 e. The van der Waals surface area contributed by atoms with Gasteiger partial charge in [-0.1, -0.05) is 18.2 Å². The molecule has 4 nitrogen and oxygen atoms in total. The quantitative estimate of drug-likeness (QED) is 0.793. The first-order chi connectivity index (χ1) is 12.7. The number of benzene rings is 2. The highest BCUT2D eigenvalue weighted by molar-refractivity contribution is 7.89. The molecule has 2 aromatic rings. The number of quaternary nitrogens is 1. The Morgan fingerprint density at radius 2 is 1.56 bits per heavy atom. The molecule has 9 heteroatoms. The number of nitrogens with one attached hydrogen (secondary N) is 1. The first kappa shape index (κ1) is 19.8. The predicted molar refractivity (Wildman–Crippen MR) is 91.0 cm³/mol. The molecule has 0 saturated carbocycles. The Hall–Kier alpha value is -1.97. The van der Waals surface area contributed by atoms with E-state index in [1.165, 1.54) is 28.6 Å². The van der Waals surface area contributed by atoms with Crippen LogP contribution in [0.15, 0.2) is 53.4 Å². The van der Waals surface area contributed by atoms with E-state index in [2.05, 4.69) is 0 Å². The molecule has 27 heavy (non-hydrogen) atoms. The maximum absolute atomic E-state index is 13.1. The average Bonchev–Trinajstić information content (AvgIpc) is 2.62. The number of sulfonamides is 1. The minimum Gasteiger partial charge on any atom is -0.329 e. The zero-order chi connectivity index (χ0) is 19.7. The fourth-order valence-corrected chi connectivity index (χ4v) is 4.64. The third-order valence-electron chi connectivity index (χ3n) is 4.64. The first-order valence-electron chi connectivity index (χ1n) is 8.42. The molecule has 0 bridgehead atoms. The van der Waals surface area contributed by atoms with Gasteiger partial charge in [0.15, 0.2) is 0 Å². The van der Waals surface area contributed by atoms with E-state index in [-0.39, 0.29) is 30.1 Å². The lowest BCUT2D eigenvalue weighted by atomic mass is 10.1. The second-order valence-electron chi connectivity index (χ2n) is 6.44. The van der Waals surface area contributed by atoms with Crippen LogP contribution >= 0.6 is 0 Å². The van der Waals surface area contributed by atoms with Gasteiger partial charge in [0.05, 0.1) is 36.6 Å². The number of halogens is 4. The smallest absolute Gasteiger partial charge is 0.329 e. The van der Waals surface area contributed by atoms with E-state index in [9.17, 15) is 26.0 Å². The monoisotopic (exact) mass is 403 g/mol. The summed E-state index contributed by atoms with van der Waals surface area (Å²) < 4.78 is 78.8. The molecule has 0 unspecified atom stereocenters. The molecule has 0 radical (unpaired) electrons. The van der Waals surface area contributed by atoms with Crippen molar-refractivity contribution in [2.75, 3.05) is 26.2 Å². The van der Waals surface area contributed by atoms with Gasteiger partial charge in [-0.3, -0.25) is 0 Å². The van der Waals surface area contributed by atoms with Crippen molar-refractivity contribution in [1.29, 1.82) is 0 Å². The van der Waals surface area contributed by atoms with Crippen molar-refractivity contribution in [3.63, 3.8) is 0 Å². The van der Waals surface area contributed by atoms with E-state index in [0.717, 1.165) is 23.1 Å². The molecule has 0 aliphatic carbocycles. The summed E-state index contributed by atoms with van der Waals surface area (Å²) in [6, 6.07) is 10.0. The van der Waals surface area contributed by atoms with E-state index >= 15 is 0 Å². The van der Waals surface area contributed by atoms with Gasteiger partial charge in [-0.25, -0.2) is 12.8 Å². The Balaban J connectivity index is 1.67. The molecule has 1 saturated heterocycles. The van der Waals surface area contributed by atoms with Crippen LogP contribution in [0.25, 0.3) is 0 Å². The van der Waals surface area contributed by atoms with Crippen molar-refractivity contribution < 1.29 is 30.9 Å². The summed E-state index contributed by atoms with van der Waals surface area (Å²) in [4.78, 5) is 0.895.